The molecule has 1 aliphatic rings. The average molecular weight is 328 g/mol. The SMILES string of the molecule is CN(C)Cc1ccc(C(=O)N[C@H]2CCO[C@@H]2c2ccnn2C)cc1. The Morgan fingerprint density at radius 1 is 1.33 bits per heavy atom. The van der Waals surface area contributed by atoms with Crippen LogP contribution in [0.5, 0.6) is 0 Å². The molecule has 24 heavy (non-hydrogen) atoms. The van der Waals surface area contributed by atoms with Crippen LogP contribution in [0.25, 0.3) is 0 Å². The molecule has 6 nitrogen and oxygen atoms in total. The summed E-state index contributed by atoms with van der Waals surface area (Å²) >= 11 is 0. The highest BCUT2D eigenvalue weighted by molar-refractivity contribution is 5.94. The van der Waals surface area contributed by atoms with Gasteiger partial charge in [-0.25, -0.2) is 0 Å². The molecule has 0 aliphatic carbocycles. The van der Waals surface area contributed by atoms with E-state index in [9.17, 15) is 4.79 Å². The van der Waals surface area contributed by atoms with Crippen molar-refractivity contribution < 1.29 is 9.53 Å². The van der Waals surface area contributed by atoms with Crippen molar-refractivity contribution in [3.05, 3.63) is 53.3 Å². The molecule has 1 saturated heterocycles. The molecule has 2 atom stereocenters. The fraction of sp³-hybridized carbons (Fsp3) is 0.444. The molecule has 0 bridgehead atoms. The van der Waals surface area contributed by atoms with Gasteiger partial charge in [-0.05, 0) is 44.3 Å². The summed E-state index contributed by atoms with van der Waals surface area (Å²) < 4.78 is 7.61. The monoisotopic (exact) mass is 328 g/mol. The Morgan fingerprint density at radius 2 is 2.08 bits per heavy atom. The molecule has 128 valence electrons. The molecular formula is C18H24N4O2. The van der Waals surface area contributed by atoms with Crippen molar-refractivity contribution in [2.24, 2.45) is 7.05 Å². The van der Waals surface area contributed by atoms with Crippen molar-refractivity contribution in [2.75, 3.05) is 20.7 Å². The molecule has 1 amide bonds. The first-order valence-electron chi connectivity index (χ1n) is 8.18. The molecule has 0 radical (unpaired) electrons. The summed E-state index contributed by atoms with van der Waals surface area (Å²) in [6, 6.07) is 9.66. The van der Waals surface area contributed by atoms with Gasteiger partial charge >= 0.3 is 0 Å². The van der Waals surface area contributed by atoms with E-state index < -0.39 is 0 Å². The van der Waals surface area contributed by atoms with Crippen molar-refractivity contribution in [2.45, 2.75) is 25.1 Å². The summed E-state index contributed by atoms with van der Waals surface area (Å²) in [6.07, 6.45) is 2.41. The molecule has 2 aromatic rings. The Bertz CT molecular complexity index is 693. The fourth-order valence-corrected chi connectivity index (χ4v) is 3.07. The van der Waals surface area contributed by atoms with E-state index in [1.807, 2.05) is 51.5 Å². The van der Waals surface area contributed by atoms with Gasteiger partial charge in [0.2, 0.25) is 0 Å². The summed E-state index contributed by atoms with van der Waals surface area (Å²) in [4.78, 5) is 14.6. The topological polar surface area (TPSA) is 59.4 Å². The number of carbonyl (C=O) groups is 1. The average Bonchev–Trinajstić information content (AvgIpc) is 3.15. The second kappa shape index (κ2) is 7.15. The van der Waals surface area contributed by atoms with Crippen molar-refractivity contribution in [3.63, 3.8) is 0 Å². The minimum absolute atomic E-state index is 0.0330. The molecule has 1 aliphatic heterocycles. The number of hydrogen-bond donors (Lipinski definition) is 1. The van der Waals surface area contributed by atoms with E-state index in [0.29, 0.717) is 12.2 Å². The lowest BCUT2D eigenvalue weighted by Gasteiger charge is -2.20. The van der Waals surface area contributed by atoms with E-state index in [2.05, 4.69) is 15.3 Å². The lowest BCUT2D eigenvalue weighted by atomic mass is 10.1. The van der Waals surface area contributed by atoms with Crippen molar-refractivity contribution in [1.29, 1.82) is 0 Å². The number of hydrogen-bond acceptors (Lipinski definition) is 4. The Hall–Kier alpha value is -2.18. The molecule has 1 N–H and O–H groups in total. The number of carbonyl (C=O) groups excluding carboxylic acids is 1. The van der Waals surface area contributed by atoms with Crippen LogP contribution in [0.1, 0.15) is 34.1 Å². The Balaban J connectivity index is 1.66. The highest BCUT2D eigenvalue weighted by Gasteiger charge is 2.32. The molecule has 0 saturated carbocycles. The lowest BCUT2D eigenvalue weighted by molar-refractivity contribution is 0.0792. The van der Waals surface area contributed by atoms with Gasteiger partial charge in [0.1, 0.15) is 6.10 Å². The van der Waals surface area contributed by atoms with Gasteiger partial charge in [-0.1, -0.05) is 12.1 Å². The van der Waals surface area contributed by atoms with Crippen LogP contribution in [0.15, 0.2) is 36.5 Å². The summed E-state index contributed by atoms with van der Waals surface area (Å²) in [5.41, 5.74) is 2.85. The van der Waals surface area contributed by atoms with Crippen LogP contribution >= 0.6 is 0 Å². The number of benzene rings is 1. The maximum Gasteiger partial charge on any atom is 0.251 e. The van der Waals surface area contributed by atoms with Crippen LogP contribution in [0, 0.1) is 0 Å². The number of aryl methyl sites for hydroxylation is 1. The first-order valence-corrected chi connectivity index (χ1v) is 8.18. The Kier molecular flexibility index (Phi) is 4.97. The van der Waals surface area contributed by atoms with Crippen LogP contribution in [0.4, 0.5) is 0 Å². The van der Waals surface area contributed by atoms with E-state index in [0.717, 1.165) is 18.7 Å². The van der Waals surface area contributed by atoms with Gasteiger partial charge in [0.25, 0.3) is 5.91 Å². The maximum atomic E-state index is 12.5. The fourth-order valence-electron chi connectivity index (χ4n) is 3.07. The Morgan fingerprint density at radius 3 is 2.71 bits per heavy atom. The van der Waals surface area contributed by atoms with E-state index in [-0.39, 0.29) is 18.1 Å². The maximum absolute atomic E-state index is 12.5. The van der Waals surface area contributed by atoms with E-state index in [4.69, 9.17) is 4.74 Å². The van der Waals surface area contributed by atoms with Crippen molar-refractivity contribution in [1.82, 2.24) is 20.0 Å². The van der Waals surface area contributed by atoms with Gasteiger partial charge in [0.15, 0.2) is 0 Å². The molecule has 3 rings (SSSR count). The molecule has 0 spiro atoms. The number of nitrogens with zero attached hydrogens (tertiary/aromatic N) is 3. The minimum atomic E-state index is -0.144. The third kappa shape index (κ3) is 3.66. The van der Waals surface area contributed by atoms with Crippen LogP contribution in [0.3, 0.4) is 0 Å². The zero-order valence-electron chi connectivity index (χ0n) is 14.4. The number of amides is 1. The van der Waals surface area contributed by atoms with Crippen LogP contribution < -0.4 is 5.32 Å². The van der Waals surface area contributed by atoms with E-state index in [1.54, 1.807) is 10.9 Å². The highest BCUT2D eigenvalue weighted by Crippen LogP contribution is 2.28. The summed E-state index contributed by atoms with van der Waals surface area (Å²) in [6.45, 7) is 1.50. The smallest absolute Gasteiger partial charge is 0.251 e. The third-order valence-corrected chi connectivity index (χ3v) is 4.27. The van der Waals surface area contributed by atoms with E-state index in [1.165, 1.54) is 5.56 Å². The summed E-state index contributed by atoms with van der Waals surface area (Å²) in [7, 11) is 5.94. The van der Waals surface area contributed by atoms with Crippen LogP contribution in [-0.4, -0.2) is 47.3 Å². The quantitative estimate of drug-likeness (QED) is 0.908. The molecule has 1 aromatic carbocycles. The molecule has 1 aromatic heterocycles. The van der Waals surface area contributed by atoms with Crippen molar-refractivity contribution in [3.8, 4) is 0 Å². The van der Waals surface area contributed by atoms with Crippen LogP contribution in [-0.2, 0) is 18.3 Å². The number of ether oxygens (including phenoxy) is 1. The van der Waals surface area contributed by atoms with Crippen molar-refractivity contribution >= 4 is 5.91 Å². The van der Waals surface area contributed by atoms with Gasteiger partial charge < -0.3 is 15.0 Å². The van der Waals surface area contributed by atoms with Gasteiger partial charge in [-0.3, -0.25) is 9.48 Å². The van der Waals surface area contributed by atoms with Gasteiger partial charge in [0, 0.05) is 32.0 Å². The first kappa shape index (κ1) is 16.7. The lowest BCUT2D eigenvalue weighted by Crippen LogP contribution is -2.37. The summed E-state index contributed by atoms with van der Waals surface area (Å²) in [5.74, 6) is -0.0610. The van der Waals surface area contributed by atoms with Gasteiger partial charge in [-0.2, -0.15) is 5.10 Å². The largest absolute Gasteiger partial charge is 0.370 e. The predicted molar refractivity (Wildman–Crippen MR) is 91.6 cm³/mol. The number of aromatic nitrogens is 2. The third-order valence-electron chi connectivity index (χ3n) is 4.27. The number of rotatable bonds is 5. The molecule has 0 unspecified atom stereocenters. The summed E-state index contributed by atoms with van der Waals surface area (Å²) in [5, 5.41) is 7.29. The first-order chi connectivity index (χ1) is 11.5. The minimum Gasteiger partial charge on any atom is -0.370 e. The molecule has 2 heterocycles. The van der Waals surface area contributed by atoms with Gasteiger partial charge in [0.05, 0.1) is 11.7 Å². The molecular weight excluding hydrogens is 304 g/mol. The van der Waals surface area contributed by atoms with E-state index >= 15 is 0 Å². The predicted octanol–water partition coefficient (Wildman–Crippen LogP) is 1.74. The van der Waals surface area contributed by atoms with Crippen LogP contribution in [0.2, 0.25) is 0 Å². The highest BCUT2D eigenvalue weighted by atomic mass is 16.5. The Labute approximate surface area is 142 Å². The standard InChI is InChI=1S/C18H24N4O2/c1-21(2)12-13-4-6-14(7-5-13)18(23)20-15-9-11-24-17(15)16-8-10-19-22(16)3/h4-8,10,15,17H,9,11-12H2,1-3H3,(H,20,23)/t15-,17-/m0/s1. The zero-order chi connectivity index (χ0) is 17.1. The second-order valence-electron chi connectivity index (χ2n) is 6.47. The zero-order valence-corrected chi connectivity index (χ0v) is 14.4. The van der Waals surface area contributed by atoms with Gasteiger partial charge in [-0.15, -0.1) is 0 Å². The normalized spacial score (nSPS) is 20.5. The molecule has 1 fully saturated rings. The second-order valence-corrected chi connectivity index (χ2v) is 6.47. The number of nitrogens with one attached hydrogen (secondary N) is 1. The molecule has 6 heteroatoms.